The van der Waals surface area contributed by atoms with Gasteiger partial charge in [-0.25, -0.2) is 0 Å². The molecule has 0 fully saturated rings. The van der Waals surface area contributed by atoms with Gasteiger partial charge in [0.15, 0.2) is 0 Å². The van der Waals surface area contributed by atoms with E-state index >= 15 is 0 Å². The molecule has 0 aliphatic heterocycles. The van der Waals surface area contributed by atoms with E-state index in [4.69, 9.17) is 0 Å². The minimum Gasteiger partial charge on any atom is -0.389 e. The summed E-state index contributed by atoms with van der Waals surface area (Å²) in [6, 6.07) is 20.6. The molecule has 1 N–H and O–H groups in total. The Morgan fingerprint density at radius 3 is 2.29 bits per heavy atom. The molecule has 1 unspecified atom stereocenters. The number of benzene rings is 2. The van der Waals surface area contributed by atoms with Crippen LogP contribution in [-0.2, 0) is 5.75 Å². The Kier molecular flexibility index (Phi) is 6.32. The largest absolute Gasteiger partial charge is 0.389 e. The summed E-state index contributed by atoms with van der Waals surface area (Å²) in [5.41, 5.74) is 2.42. The van der Waals surface area contributed by atoms with Crippen LogP contribution in [0.25, 0.3) is 4.91 Å². The summed E-state index contributed by atoms with van der Waals surface area (Å²) in [6.07, 6.45) is 3.75. The van der Waals surface area contributed by atoms with Crippen molar-refractivity contribution in [1.29, 1.82) is 0 Å². The van der Waals surface area contributed by atoms with Crippen molar-refractivity contribution in [2.45, 2.75) is 18.3 Å². The molecular formula is C19H20OS. The second-order valence-corrected chi connectivity index (χ2v) is 5.78. The average molecular weight is 296 g/mol. The summed E-state index contributed by atoms with van der Waals surface area (Å²) in [6.45, 7) is 3.68. The van der Waals surface area contributed by atoms with E-state index < -0.39 is 6.10 Å². The first-order valence-electron chi connectivity index (χ1n) is 7.02. The molecule has 21 heavy (non-hydrogen) atoms. The first-order valence-corrected chi connectivity index (χ1v) is 8.01. The van der Waals surface area contributed by atoms with Crippen molar-refractivity contribution in [2.24, 2.45) is 0 Å². The van der Waals surface area contributed by atoms with E-state index in [1.54, 1.807) is 17.8 Å². The molecule has 2 rings (SSSR count). The highest BCUT2D eigenvalue weighted by atomic mass is 32.2. The number of thioether (sulfide) groups is 1. The minimum atomic E-state index is -0.485. The van der Waals surface area contributed by atoms with Gasteiger partial charge in [-0.05, 0) is 23.6 Å². The van der Waals surface area contributed by atoms with Gasteiger partial charge in [0.1, 0.15) is 0 Å². The van der Waals surface area contributed by atoms with Crippen LogP contribution in [0.5, 0.6) is 0 Å². The van der Waals surface area contributed by atoms with Gasteiger partial charge >= 0.3 is 0 Å². The molecule has 1 atom stereocenters. The lowest BCUT2D eigenvalue weighted by Gasteiger charge is -2.10. The Balaban J connectivity index is 2.14. The fraction of sp³-hybridized carbons (Fsp3) is 0.158. The fourth-order valence-corrected chi connectivity index (χ4v) is 3.05. The van der Waals surface area contributed by atoms with Crippen molar-refractivity contribution in [3.8, 4) is 0 Å². The normalized spacial score (nSPS) is 12.9. The van der Waals surface area contributed by atoms with Crippen molar-refractivity contribution >= 4 is 16.7 Å². The zero-order chi connectivity index (χ0) is 14.9. The Bertz CT molecular complexity index is 575. The van der Waals surface area contributed by atoms with Gasteiger partial charge < -0.3 is 5.11 Å². The molecule has 2 aromatic carbocycles. The van der Waals surface area contributed by atoms with Crippen LogP contribution < -0.4 is 0 Å². The predicted molar refractivity (Wildman–Crippen MR) is 93.0 cm³/mol. The average Bonchev–Trinajstić information content (AvgIpc) is 2.53. The molecule has 0 saturated carbocycles. The summed E-state index contributed by atoms with van der Waals surface area (Å²) in [7, 11) is 0. The summed E-state index contributed by atoms with van der Waals surface area (Å²) in [5, 5.41) is 10.0. The summed E-state index contributed by atoms with van der Waals surface area (Å²) in [4.78, 5) is 1.11. The number of aliphatic hydroxyl groups excluding tert-OH is 1. The van der Waals surface area contributed by atoms with Gasteiger partial charge in [0, 0.05) is 10.7 Å². The zero-order valence-corrected chi connectivity index (χ0v) is 12.8. The van der Waals surface area contributed by atoms with Gasteiger partial charge in [-0.1, -0.05) is 66.7 Å². The molecule has 0 amide bonds. The molecule has 0 aliphatic rings. The molecule has 2 aromatic rings. The molecule has 0 heterocycles. The van der Waals surface area contributed by atoms with Crippen LogP contribution in [0.3, 0.4) is 0 Å². The third kappa shape index (κ3) is 5.25. The van der Waals surface area contributed by atoms with Crippen LogP contribution in [0.15, 0.2) is 79.4 Å². The molecule has 1 nitrogen and oxygen atoms in total. The van der Waals surface area contributed by atoms with Crippen molar-refractivity contribution in [1.82, 2.24) is 0 Å². The molecule has 0 radical (unpaired) electrons. The quantitative estimate of drug-likeness (QED) is 0.733. The second kappa shape index (κ2) is 8.50. The molecule has 108 valence electrons. The van der Waals surface area contributed by atoms with E-state index in [1.807, 2.05) is 42.5 Å². The molecule has 0 spiro atoms. The summed E-state index contributed by atoms with van der Waals surface area (Å²) < 4.78 is 0. The third-order valence-electron chi connectivity index (χ3n) is 3.05. The Hall–Kier alpha value is -1.77. The van der Waals surface area contributed by atoms with Gasteiger partial charge in [0.05, 0.1) is 6.10 Å². The third-order valence-corrected chi connectivity index (χ3v) is 4.21. The number of hydrogen-bond donors (Lipinski definition) is 1. The molecule has 0 aromatic heterocycles. The van der Waals surface area contributed by atoms with Crippen LogP contribution in [-0.4, -0.2) is 11.2 Å². The van der Waals surface area contributed by atoms with Crippen LogP contribution in [0, 0.1) is 0 Å². The standard InChI is InChI=1S/C19H20OS/c1-2-9-18(20)14-19(17-12-7-4-8-13-17)21-15-16-10-5-3-6-11-16/h2-8,10-14,18,20H,1,9,15H2/b19-14-. The molecular weight excluding hydrogens is 276 g/mol. The Morgan fingerprint density at radius 2 is 1.67 bits per heavy atom. The summed E-state index contributed by atoms with van der Waals surface area (Å²) in [5.74, 6) is 0.891. The maximum Gasteiger partial charge on any atom is 0.0769 e. The molecule has 0 saturated heterocycles. The molecule has 0 bridgehead atoms. The smallest absolute Gasteiger partial charge is 0.0769 e. The van der Waals surface area contributed by atoms with E-state index in [0.717, 1.165) is 16.2 Å². The Labute approximate surface area is 131 Å². The number of hydrogen-bond acceptors (Lipinski definition) is 2. The SMILES string of the molecule is C=CCC(O)/C=C(\SCc1ccccc1)c1ccccc1. The van der Waals surface area contributed by atoms with Crippen molar-refractivity contribution in [2.75, 3.05) is 0 Å². The van der Waals surface area contributed by atoms with Gasteiger partial charge in [0.25, 0.3) is 0 Å². The van der Waals surface area contributed by atoms with E-state index in [-0.39, 0.29) is 0 Å². The fourth-order valence-electron chi connectivity index (χ4n) is 1.98. The van der Waals surface area contributed by atoms with E-state index in [0.29, 0.717) is 6.42 Å². The summed E-state index contributed by atoms with van der Waals surface area (Å²) >= 11 is 1.75. The van der Waals surface area contributed by atoms with Gasteiger partial charge in [-0.3, -0.25) is 0 Å². The van der Waals surface area contributed by atoms with Crippen molar-refractivity contribution in [3.05, 3.63) is 90.5 Å². The van der Waals surface area contributed by atoms with Crippen LogP contribution in [0.1, 0.15) is 17.5 Å². The number of aliphatic hydroxyl groups is 1. The highest BCUT2D eigenvalue weighted by Crippen LogP contribution is 2.31. The monoisotopic (exact) mass is 296 g/mol. The van der Waals surface area contributed by atoms with Crippen LogP contribution in [0.2, 0.25) is 0 Å². The highest BCUT2D eigenvalue weighted by Gasteiger charge is 2.06. The van der Waals surface area contributed by atoms with Gasteiger partial charge in [0.2, 0.25) is 0 Å². The zero-order valence-electron chi connectivity index (χ0n) is 12.0. The van der Waals surface area contributed by atoms with E-state index in [2.05, 4.69) is 30.8 Å². The van der Waals surface area contributed by atoms with Crippen molar-refractivity contribution in [3.63, 3.8) is 0 Å². The van der Waals surface area contributed by atoms with E-state index in [1.165, 1.54) is 5.56 Å². The maximum atomic E-state index is 10.0. The maximum absolute atomic E-state index is 10.0. The number of rotatable bonds is 7. The first kappa shape index (κ1) is 15.6. The Morgan fingerprint density at radius 1 is 1.05 bits per heavy atom. The lowest BCUT2D eigenvalue weighted by molar-refractivity contribution is 0.228. The van der Waals surface area contributed by atoms with Crippen LogP contribution >= 0.6 is 11.8 Å². The first-order chi connectivity index (χ1) is 10.3. The van der Waals surface area contributed by atoms with E-state index in [9.17, 15) is 5.11 Å². The predicted octanol–water partition coefficient (Wildman–Crippen LogP) is 4.90. The molecule has 2 heteroatoms. The van der Waals surface area contributed by atoms with Gasteiger partial charge in [-0.15, -0.1) is 18.3 Å². The van der Waals surface area contributed by atoms with Crippen molar-refractivity contribution < 1.29 is 5.11 Å². The lowest BCUT2D eigenvalue weighted by Crippen LogP contribution is -2.00. The topological polar surface area (TPSA) is 20.2 Å². The molecule has 0 aliphatic carbocycles. The van der Waals surface area contributed by atoms with Crippen LogP contribution in [0.4, 0.5) is 0 Å². The minimum absolute atomic E-state index is 0.485. The lowest BCUT2D eigenvalue weighted by atomic mass is 10.1. The highest BCUT2D eigenvalue weighted by molar-refractivity contribution is 8.07. The van der Waals surface area contributed by atoms with Gasteiger partial charge in [-0.2, -0.15) is 0 Å². The second-order valence-electron chi connectivity index (χ2n) is 4.76.